The molecule has 0 spiro atoms. The van der Waals surface area contributed by atoms with Crippen molar-refractivity contribution >= 4 is 23.2 Å². The Kier molecular flexibility index (Phi) is 3.54. The molecule has 14 heavy (non-hydrogen) atoms. The number of carbonyl (C=O) groups excluding carboxylic acids is 1. The lowest BCUT2D eigenvalue weighted by molar-refractivity contribution is 0.100. The van der Waals surface area contributed by atoms with Crippen molar-refractivity contribution in [3.05, 3.63) is 41.4 Å². The van der Waals surface area contributed by atoms with E-state index < -0.39 is 5.91 Å². The summed E-state index contributed by atoms with van der Waals surface area (Å²) in [5.41, 5.74) is 6.45. The van der Waals surface area contributed by atoms with E-state index in [-0.39, 0.29) is 0 Å². The van der Waals surface area contributed by atoms with Crippen LogP contribution in [0.4, 0.5) is 5.69 Å². The Morgan fingerprint density at radius 2 is 2.00 bits per heavy atom. The van der Waals surface area contributed by atoms with Crippen molar-refractivity contribution in [2.45, 2.75) is 0 Å². The van der Waals surface area contributed by atoms with Crippen molar-refractivity contribution in [3.8, 4) is 0 Å². The minimum absolute atomic E-state index is 0.432. The predicted octanol–water partition coefficient (Wildman–Crippen LogP) is 1.95. The van der Waals surface area contributed by atoms with Crippen LogP contribution in [0, 0.1) is 0 Å². The molecule has 0 aliphatic heterocycles. The monoisotopic (exact) mass is 210 g/mol. The van der Waals surface area contributed by atoms with Crippen LogP contribution in [0.15, 0.2) is 35.9 Å². The number of benzene rings is 1. The zero-order valence-electron chi connectivity index (χ0n) is 7.59. The first-order chi connectivity index (χ1) is 6.59. The lowest BCUT2D eigenvalue weighted by Crippen LogP contribution is -2.10. The molecule has 0 radical (unpaired) electrons. The summed E-state index contributed by atoms with van der Waals surface area (Å²) in [6.07, 6.45) is 0. The topological polar surface area (TPSA) is 55.1 Å². The average Bonchev–Trinajstić information content (AvgIpc) is 2.15. The molecule has 1 aromatic carbocycles. The van der Waals surface area contributed by atoms with Gasteiger partial charge in [-0.05, 0) is 24.3 Å². The number of primary amides is 1. The van der Waals surface area contributed by atoms with Crippen molar-refractivity contribution < 1.29 is 4.79 Å². The van der Waals surface area contributed by atoms with Gasteiger partial charge in [0.1, 0.15) is 0 Å². The Balaban J connectivity index is 2.64. The maximum Gasteiger partial charge on any atom is 0.248 e. The predicted molar refractivity (Wildman–Crippen MR) is 58.4 cm³/mol. The molecule has 0 heterocycles. The van der Waals surface area contributed by atoms with Crippen LogP contribution in [0.1, 0.15) is 10.4 Å². The van der Waals surface area contributed by atoms with Crippen LogP contribution in [0.3, 0.4) is 0 Å². The molecule has 0 atom stereocenters. The van der Waals surface area contributed by atoms with E-state index in [0.717, 1.165) is 5.69 Å². The highest BCUT2D eigenvalue weighted by atomic mass is 35.5. The summed E-state index contributed by atoms with van der Waals surface area (Å²) in [6.45, 7) is 4.04. The van der Waals surface area contributed by atoms with Crippen molar-refractivity contribution in [1.29, 1.82) is 0 Å². The van der Waals surface area contributed by atoms with Crippen LogP contribution in [-0.4, -0.2) is 12.5 Å². The molecule has 0 aliphatic carbocycles. The number of anilines is 1. The van der Waals surface area contributed by atoms with Gasteiger partial charge >= 0.3 is 0 Å². The quantitative estimate of drug-likeness (QED) is 0.798. The normalized spacial score (nSPS) is 9.50. The number of carbonyl (C=O) groups is 1. The SMILES string of the molecule is C=C(Cl)CNc1ccc(C(N)=O)cc1. The van der Waals surface area contributed by atoms with Crippen molar-refractivity contribution in [3.63, 3.8) is 0 Å². The van der Waals surface area contributed by atoms with E-state index in [9.17, 15) is 4.79 Å². The van der Waals surface area contributed by atoms with Gasteiger partial charge in [-0.25, -0.2) is 0 Å². The van der Waals surface area contributed by atoms with Gasteiger partial charge in [-0.3, -0.25) is 4.79 Å². The Bertz CT molecular complexity index is 346. The van der Waals surface area contributed by atoms with Gasteiger partial charge < -0.3 is 11.1 Å². The third-order valence-corrected chi connectivity index (χ3v) is 1.79. The van der Waals surface area contributed by atoms with E-state index in [2.05, 4.69) is 11.9 Å². The fourth-order valence-electron chi connectivity index (χ4n) is 0.950. The summed E-state index contributed by atoms with van der Waals surface area (Å²) >= 11 is 5.58. The van der Waals surface area contributed by atoms with Crippen molar-refractivity contribution in [2.24, 2.45) is 5.73 Å². The van der Waals surface area contributed by atoms with Crippen LogP contribution in [-0.2, 0) is 0 Å². The largest absolute Gasteiger partial charge is 0.380 e. The second kappa shape index (κ2) is 4.67. The molecule has 0 bridgehead atoms. The first-order valence-electron chi connectivity index (χ1n) is 4.06. The van der Waals surface area contributed by atoms with Crippen LogP contribution < -0.4 is 11.1 Å². The van der Waals surface area contributed by atoms with E-state index in [1.54, 1.807) is 24.3 Å². The van der Waals surface area contributed by atoms with E-state index in [0.29, 0.717) is 17.1 Å². The van der Waals surface area contributed by atoms with Crippen LogP contribution >= 0.6 is 11.6 Å². The Labute approximate surface area is 87.6 Å². The van der Waals surface area contributed by atoms with Gasteiger partial charge in [-0.2, -0.15) is 0 Å². The maximum absolute atomic E-state index is 10.7. The van der Waals surface area contributed by atoms with Gasteiger partial charge in [-0.15, -0.1) is 0 Å². The van der Waals surface area contributed by atoms with Crippen LogP contribution in [0.25, 0.3) is 0 Å². The lowest BCUT2D eigenvalue weighted by atomic mass is 10.2. The Hall–Kier alpha value is -1.48. The zero-order valence-corrected chi connectivity index (χ0v) is 8.34. The average molecular weight is 211 g/mol. The maximum atomic E-state index is 10.7. The summed E-state index contributed by atoms with van der Waals surface area (Å²) in [5.74, 6) is -0.432. The molecule has 1 amide bonds. The van der Waals surface area contributed by atoms with Crippen molar-refractivity contribution in [2.75, 3.05) is 11.9 Å². The molecule has 74 valence electrons. The molecule has 4 heteroatoms. The molecule has 3 N–H and O–H groups in total. The van der Waals surface area contributed by atoms with Gasteiger partial charge in [0, 0.05) is 16.3 Å². The highest BCUT2D eigenvalue weighted by Gasteiger charge is 1.98. The van der Waals surface area contributed by atoms with Gasteiger partial charge in [0.2, 0.25) is 5.91 Å². The Morgan fingerprint density at radius 3 is 2.43 bits per heavy atom. The highest BCUT2D eigenvalue weighted by molar-refractivity contribution is 6.29. The van der Waals surface area contributed by atoms with Gasteiger partial charge in [0.25, 0.3) is 0 Å². The van der Waals surface area contributed by atoms with Crippen molar-refractivity contribution in [1.82, 2.24) is 0 Å². The molecule has 3 nitrogen and oxygen atoms in total. The molecule has 1 rings (SSSR count). The smallest absolute Gasteiger partial charge is 0.248 e. The second-order valence-electron chi connectivity index (χ2n) is 2.81. The number of amides is 1. The van der Waals surface area contributed by atoms with E-state index in [4.69, 9.17) is 17.3 Å². The minimum atomic E-state index is -0.432. The summed E-state index contributed by atoms with van der Waals surface area (Å²) < 4.78 is 0. The number of nitrogens with one attached hydrogen (secondary N) is 1. The molecule has 0 aromatic heterocycles. The number of halogens is 1. The first-order valence-corrected chi connectivity index (χ1v) is 4.44. The van der Waals surface area contributed by atoms with Gasteiger partial charge in [0.05, 0.1) is 6.54 Å². The lowest BCUT2D eigenvalue weighted by Gasteiger charge is -2.04. The third-order valence-electron chi connectivity index (χ3n) is 1.65. The molecule has 1 aromatic rings. The number of nitrogens with two attached hydrogens (primary N) is 1. The third kappa shape index (κ3) is 3.11. The molecule has 0 saturated heterocycles. The van der Waals surface area contributed by atoms with Crippen LogP contribution in [0.2, 0.25) is 0 Å². The van der Waals surface area contributed by atoms with E-state index in [1.165, 1.54) is 0 Å². The summed E-state index contributed by atoms with van der Waals surface area (Å²) in [6, 6.07) is 6.84. The molecule has 0 aliphatic rings. The van der Waals surface area contributed by atoms with Crippen LogP contribution in [0.5, 0.6) is 0 Å². The zero-order chi connectivity index (χ0) is 10.6. The summed E-state index contributed by atoms with van der Waals surface area (Å²) in [7, 11) is 0. The summed E-state index contributed by atoms with van der Waals surface area (Å²) in [4.78, 5) is 10.7. The van der Waals surface area contributed by atoms with Gasteiger partial charge in [-0.1, -0.05) is 18.2 Å². The number of hydrogen-bond donors (Lipinski definition) is 2. The van der Waals surface area contributed by atoms with E-state index in [1.807, 2.05) is 0 Å². The second-order valence-corrected chi connectivity index (χ2v) is 3.35. The fraction of sp³-hybridized carbons (Fsp3) is 0.100. The highest BCUT2D eigenvalue weighted by Crippen LogP contribution is 2.10. The first kappa shape index (κ1) is 10.6. The minimum Gasteiger partial charge on any atom is -0.380 e. The molecular formula is C10H11ClN2O. The number of rotatable bonds is 4. The summed E-state index contributed by atoms with van der Waals surface area (Å²) in [5, 5.41) is 3.56. The molecular weight excluding hydrogens is 200 g/mol. The molecule has 0 saturated carbocycles. The fourth-order valence-corrected chi connectivity index (χ4v) is 1.02. The standard InChI is InChI=1S/C10H11ClN2O/c1-7(11)6-13-9-4-2-8(3-5-9)10(12)14/h2-5,13H,1,6H2,(H2,12,14). The molecule has 0 unspecified atom stereocenters. The number of hydrogen-bond acceptors (Lipinski definition) is 2. The molecule has 0 fully saturated rings. The Morgan fingerprint density at radius 1 is 1.43 bits per heavy atom. The van der Waals surface area contributed by atoms with E-state index >= 15 is 0 Å². The van der Waals surface area contributed by atoms with Gasteiger partial charge in [0.15, 0.2) is 0 Å².